The molecule has 0 aromatic carbocycles. The Hall–Kier alpha value is -0.970. The van der Waals surface area contributed by atoms with Crippen molar-refractivity contribution < 1.29 is 14.1 Å². The van der Waals surface area contributed by atoms with E-state index in [2.05, 4.69) is 25.3 Å². The second-order valence-electron chi connectivity index (χ2n) is 7.14. The Bertz CT molecular complexity index is 592. The van der Waals surface area contributed by atoms with Crippen molar-refractivity contribution in [3.8, 4) is 0 Å². The lowest BCUT2D eigenvalue weighted by Crippen LogP contribution is -2.49. The molecule has 2 aliphatic heterocycles. The zero-order valence-corrected chi connectivity index (χ0v) is 19.0. The van der Waals surface area contributed by atoms with Crippen molar-refractivity contribution in [1.82, 2.24) is 30.2 Å². The normalized spacial score (nSPS) is 19.3. The van der Waals surface area contributed by atoms with E-state index in [1.807, 2.05) is 18.7 Å². The molecule has 1 N–H and O–H groups in total. The number of piperazine rings is 2. The van der Waals surface area contributed by atoms with Gasteiger partial charge in [0.2, 0.25) is 11.8 Å². The molecule has 0 spiro atoms. The maximum Gasteiger partial charge on any atom is 0.240 e. The quantitative estimate of drug-likeness (QED) is 0.623. The molecule has 2 fully saturated rings. The fourth-order valence-electron chi connectivity index (χ4n) is 3.51. The van der Waals surface area contributed by atoms with E-state index in [1.54, 1.807) is 0 Å². The molecule has 2 aliphatic rings. The van der Waals surface area contributed by atoms with Crippen molar-refractivity contribution in [2.45, 2.75) is 32.9 Å². The Labute approximate surface area is 185 Å². The highest BCUT2D eigenvalue weighted by Crippen LogP contribution is 2.14. The van der Waals surface area contributed by atoms with E-state index in [4.69, 9.17) is 9.26 Å². The molecule has 1 aromatic rings. The van der Waals surface area contributed by atoms with Gasteiger partial charge in [-0.1, -0.05) is 5.16 Å². The molecular weight excluding hydrogens is 419 g/mol. The van der Waals surface area contributed by atoms with Gasteiger partial charge in [-0.25, -0.2) is 0 Å². The molecular formula is C18H34Cl2N6O3. The zero-order valence-electron chi connectivity index (χ0n) is 17.3. The van der Waals surface area contributed by atoms with Crippen LogP contribution in [-0.4, -0.2) is 96.3 Å². The van der Waals surface area contributed by atoms with Crippen LogP contribution in [0.25, 0.3) is 0 Å². The van der Waals surface area contributed by atoms with Gasteiger partial charge in [0, 0.05) is 71.9 Å². The number of hydrogen-bond donors (Lipinski definition) is 1. The van der Waals surface area contributed by atoms with E-state index in [0.717, 1.165) is 58.9 Å². The number of halogens is 2. The van der Waals surface area contributed by atoms with Crippen LogP contribution in [0.3, 0.4) is 0 Å². The van der Waals surface area contributed by atoms with Gasteiger partial charge in [-0.2, -0.15) is 4.98 Å². The van der Waals surface area contributed by atoms with Gasteiger partial charge in [0.05, 0.1) is 6.54 Å². The first-order valence-corrected chi connectivity index (χ1v) is 10.0. The van der Waals surface area contributed by atoms with Gasteiger partial charge in [0.15, 0.2) is 5.82 Å². The van der Waals surface area contributed by atoms with Gasteiger partial charge in [0.25, 0.3) is 0 Å². The number of rotatable bonds is 8. The van der Waals surface area contributed by atoms with Crippen LogP contribution < -0.4 is 5.32 Å². The predicted molar refractivity (Wildman–Crippen MR) is 115 cm³/mol. The molecule has 1 unspecified atom stereocenters. The van der Waals surface area contributed by atoms with Crippen molar-refractivity contribution in [2.75, 3.05) is 65.5 Å². The molecule has 1 aromatic heterocycles. The van der Waals surface area contributed by atoms with Gasteiger partial charge < -0.3 is 24.4 Å². The van der Waals surface area contributed by atoms with E-state index in [9.17, 15) is 4.79 Å². The van der Waals surface area contributed by atoms with Gasteiger partial charge in [-0.15, -0.1) is 24.8 Å². The summed E-state index contributed by atoms with van der Waals surface area (Å²) in [5.41, 5.74) is 0. The Balaban J connectivity index is 0.00000210. The molecule has 11 heteroatoms. The minimum absolute atomic E-state index is 0. The second kappa shape index (κ2) is 13.4. The minimum Gasteiger partial charge on any atom is -0.371 e. The Morgan fingerprint density at radius 3 is 2.45 bits per heavy atom. The predicted octanol–water partition coefficient (Wildman–Crippen LogP) is 0.950. The zero-order chi connectivity index (χ0) is 19.1. The topological polar surface area (TPSA) is 87.0 Å². The van der Waals surface area contributed by atoms with Crippen molar-refractivity contribution >= 4 is 30.7 Å². The van der Waals surface area contributed by atoms with Crippen LogP contribution in [0.15, 0.2) is 4.52 Å². The number of ether oxygens (including phenoxy) is 1. The van der Waals surface area contributed by atoms with Gasteiger partial charge in [-0.3, -0.25) is 9.69 Å². The molecule has 9 nitrogen and oxygen atoms in total. The summed E-state index contributed by atoms with van der Waals surface area (Å²) in [6, 6.07) is 0. The number of hydrogen-bond acceptors (Lipinski definition) is 8. The summed E-state index contributed by atoms with van der Waals surface area (Å²) in [7, 11) is 0. The summed E-state index contributed by atoms with van der Waals surface area (Å²) in [6.45, 7) is 13.3. The Morgan fingerprint density at radius 1 is 1.14 bits per heavy atom. The van der Waals surface area contributed by atoms with Crippen molar-refractivity contribution in [2.24, 2.45) is 0 Å². The molecule has 0 saturated carbocycles. The Morgan fingerprint density at radius 2 is 1.79 bits per heavy atom. The lowest BCUT2D eigenvalue weighted by atomic mass is 10.2. The van der Waals surface area contributed by atoms with Crippen LogP contribution in [0.1, 0.15) is 38.1 Å². The summed E-state index contributed by atoms with van der Waals surface area (Å²) >= 11 is 0. The van der Waals surface area contributed by atoms with Crippen LogP contribution in [0, 0.1) is 0 Å². The highest BCUT2D eigenvalue weighted by Gasteiger charge is 2.22. The largest absolute Gasteiger partial charge is 0.371 e. The summed E-state index contributed by atoms with van der Waals surface area (Å²) in [4.78, 5) is 23.4. The average molecular weight is 453 g/mol. The fourth-order valence-corrected chi connectivity index (χ4v) is 3.51. The molecule has 1 amide bonds. The molecule has 3 heterocycles. The molecule has 3 rings (SSSR count). The molecule has 0 radical (unpaired) electrons. The first kappa shape index (κ1) is 26.1. The highest BCUT2D eigenvalue weighted by molar-refractivity contribution is 5.85. The SMILES string of the molecule is CCOC(C)c1noc(CN2CCN(CCC(=O)N3CCNCC3)CC2)n1.Cl.Cl. The smallest absolute Gasteiger partial charge is 0.240 e. The number of carbonyl (C=O) groups excluding carboxylic acids is 1. The van der Waals surface area contributed by atoms with Crippen molar-refractivity contribution in [3.05, 3.63) is 11.7 Å². The monoisotopic (exact) mass is 452 g/mol. The summed E-state index contributed by atoms with van der Waals surface area (Å²) in [5, 5.41) is 7.29. The van der Waals surface area contributed by atoms with Gasteiger partial charge in [-0.05, 0) is 13.8 Å². The van der Waals surface area contributed by atoms with E-state index in [-0.39, 0.29) is 36.8 Å². The maximum absolute atomic E-state index is 12.3. The van der Waals surface area contributed by atoms with Crippen molar-refractivity contribution in [3.63, 3.8) is 0 Å². The molecule has 1 atom stereocenters. The Kier molecular flexibility index (Phi) is 12.0. The van der Waals surface area contributed by atoms with Gasteiger partial charge in [0.1, 0.15) is 6.10 Å². The lowest BCUT2D eigenvalue weighted by molar-refractivity contribution is -0.132. The molecule has 2 saturated heterocycles. The number of aromatic nitrogens is 2. The number of carbonyl (C=O) groups is 1. The van der Waals surface area contributed by atoms with Crippen LogP contribution in [-0.2, 0) is 16.1 Å². The molecule has 0 bridgehead atoms. The molecule has 0 aliphatic carbocycles. The van der Waals surface area contributed by atoms with Crippen LogP contribution in [0.4, 0.5) is 0 Å². The van der Waals surface area contributed by atoms with Crippen LogP contribution >= 0.6 is 24.8 Å². The third kappa shape index (κ3) is 7.99. The number of nitrogens with one attached hydrogen (secondary N) is 1. The summed E-state index contributed by atoms with van der Waals surface area (Å²) in [6.07, 6.45) is 0.472. The first-order chi connectivity index (χ1) is 13.2. The summed E-state index contributed by atoms with van der Waals surface area (Å²) < 4.78 is 10.9. The van der Waals surface area contributed by atoms with Crippen LogP contribution in [0.5, 0.6) is 0 Å². The second-order valence-corrected chi connectivity index (χ2v) is 7.14. The number of amides is 1. The number of nitrogens with zero attached hydrogens (tertiary/aromatic N) is 5. The minimum atomic E-state index is -0.141. The lowest BCUT2D eigenvalue weighted by Gasteiger charge is -2.34. The maximum atomic E-state index is 12.3. The van der Waals surface area contributed by atoms with E-state index < -0.39 is 0 Å². The van der Waals surface area contributed by atoms with Crippen molar-refractivity contribution in [1.29, 1.82) is 0 Å². The third-order valence-corrected chi connectivity index (χ3v) is 5.20. The van der Waals surface area contributed by atoms with Gasteiger partial charge >= 0.3 is 0 Å². The third-order valence-electron chi connectivity index (χ3n) is 5.20. The highest BCUT2D eigenvalue weighted by atomic mass is 35.5. The van der Waals surface area contributed by atoms with E-state index >= 15 is 0 Å². The fraction of sp³-hybridized carbons (Fsp3) is 0.833. The molecule has 29 heavy (non-hydrogen) atoms. The average Bonchev–Trinajstić information content (AvgIpc) is 3.17. The summed E-state index contributed by atoms with van der Waals surface area (Å²) in [5.74, 6) is 1.52. The van der Waals surface area contributed by atoms with E-state index in [1.165, 1.54) is 0 Å². The standard InChI is InChI=1S/C18H32N6O3.2ClH/c1-3-26-15(2)18-20-16(27-21-18)14-23-12-10-22(11-13-23)7-4-17(25)24-8-5-19-6-9-24;;/h15,19H,3-14H2,1-2H3;2*1H. The van der Waals surface area contributed by atoms with E-state index in [0.29, 0.717) is 31.3 Å². The first-order valence-electron chi connectivity index (χ1n) is 10.0. The molecule has 168 valence electrons. The van der Waals surface area contributed by atoms with Crippen LogP contribution in [0.2, 0.25) is 0 Å².